The van der Waals surface area contributed by atoms with Crippen LogP contribution in [0.5, 0.6) is 5.75 Å². The van der Waals surface area contributed by atoms with Gasteiger partial charge in [-0.05, 0) is 42.3 Å². The third-order valence-corrected chi connectivity index (χ3v) is 8.74. The van der Waals surface area contributed by atoms with Crippen molar-refractivity contribution in [3.8, 4) is 5.75 Å². The fourth-order valence-corrected chi connectivity index (χ4v) is 6.56. The third kappa shape index (κ3) is 4.52. The van der Waals surface area contributed by atoms with Crippen LogP contribution in [0.25, 0.3) is 11.4 Å². The summed E-state index contributed by atoms with van der Waals surface area (Å²) < 4.78 is 7.67. The molecule has 4 heterocycles. The first-order valence-corrected chi connectivity index (χ1v) is 14.2. The van der Waals surface area contributed by atoms with E-state index in [-0.39, 0.29) is 16.5 Å². The van der Waals surface area contributed by atoms with Crippen LogP contribution in [-0.4, -0.2) is 43.5 Å². The number of aryl methyl sites for hydroxylation is 1. The second-order valence-corrected chi connectivity index (χ2v) is 11.2. The van der Waals surface area contributed by atoms with Crippen molar-refractivity contribution in [3.05, 3.63) is 107 Å². The van der Waals surface area contributed by atoms with E-state index in [1.165, 1.54) is 28.0 Å². The van der Waals surface area contributed by atoms with Crippen molar-refractivity contribution in [2.45, 2.75) is 23.1 Å². The number of fused-ring (bicyclic) bond motifs is 1. The zero-order valence-corrected chi connectivity index (χ0v) is 23.1. The number of imidazole rings is 1. The molecule has 1 aliphatic rings. The van der Waals surface area contributed by atoms with Gasteiger partial charge in [-0.1, -0.05) is 71.6 Å². The summed E-state index contributed by atoms with van der Waals surface area (Å²) >= 11 is 2.72. The van der Waals surface area contributed by atoms with Crippen molar-refractivity contribution < 1.29 is 19.4 Å². The highest BCUT2D eigenvalue weighted by molar-refractivity contribution is 8.00. The van der Waals surface area contributed by atoms with Gasteiger partial charge in [-0.15, -0.1) is 10.2 Å². The molecule has 5 aromatic rings. The van der Waals surface area contributed by atoms with Crippen molar-refractivity contribution >= 4 is 51.3 Å². The van der Waals surface area contributed by atoms with Gasteiger partial charge < -0.3 is 9.84 Å². The summed E-state index contributed by atoms with van der Waals surface area (Å²) in [5.74, 6) is -0.596. The molecule has 40 heavy (non-hydrogen) atoms. The Morgan fingerprint density at radius 2 is 1.77 bits per heavy atom. The molecule has 0 radical (unpaired) electrons. The normalized spacial score (nSPS) is 16.6. The summed E-state index contributed by atoms with van der Waals surface area (Å²) in [4.78, 5) is 33.0. The van der Waals surface area contributed by atoms with Crippen LogP contribution in [0.15, 0.2) is 88.9 Å². The van der Waals surface area contributed by atoms with Gasteiger partial charge in [0.15, 0.2) is 10.1 Å². The minimum Gasteiger partial charge on any atom is -0.505 e. The lowest BCUT2D eigenvalue weighted by Gasteiger charge is -2.22. The highest BCUT2D eigenvalue weighted by Crippen LogP contribution is 2.44. The average molecular weight is 570 g/mol. The number of hydrogen-bond donors (Lipinski definition) is 1. The molecule has 1 fully saturated rings. The Kier molecular flexibility index (Phi) is 6.82. The first-order chi connectivity index (χ1) is 19.5. The number of Topliss-reactive ketones (excluding diaryl/α,β-unsaturated/α-hetero) is 1. The summed E-state index contributed by atoms with van der Waals surface area (Å²) in [7, 11) is 1.56. The number of nitrogens with zero attached hydrogens (tertiary/aromatic N) is 5. The highest BCUT2D eigenvalue weighted by Gasteiger charge is 2.48. The summed E-state index contributed by atoms with van der Waals surface area (Å²) in [6, 6.07) is 21.5. The van der Waals surface area contributed by atoms with E-state index >= 15 is 0 Å². The number of pyridine rings is 1. The maximum Gasteiger partial charge on any atom is 0.301 e. The summed E-state index contributed by atoms with van der Waals surface area (Å²) in [6.07, 6.45) is 1.75. The molecule has 9 nitrogen and oxygen atoms in total. The SMILES string of the molecule is COc1ccc(C2C(=C(O)c3c(C)nc4ccccn34)C(=O)C(=O)N2c2nnc(SCc3ccccc3)s2)cc1. The van der Waals surface area contributed by atoms with Crippen LogP contribution in [0.4, 0.5) is 5.13 Å². The van der Waals surface area contributed by atoms with E-state index in [4.69, 9.17) is 4.74 Å². The molecule has 0 saturated carbocycles. The molecule has 1 saturated heterocycles. The van der Waals surface area contributed by atoms with E-state index in [9.17, 15) is 14.7 Å². The van der Waals surface area contributed by atoms with Gasteiger partial charge in [0.25, 0.3) is 5.78 Å². The average Bonchev–Trinajstić information content (AvgIpc) is 3.66. The molecular formula is C29H23N5O4S2. The van der Waals surface area contributed by atoms with Gasteiger partial charge in [0.05, 0.1) is 24.4 Å². The number of ketones is 1. The van der Waals surface area contributed by atoms with Gasteiger partial charge in [-0.3, -0.25) is 18.9 Å². The molecule has 200 valence electrons. The van der Waals surface area contributed by atoms with Crippen LogP contribution in [0.2, 0.25) is 0 Å². The van der Waals surface area contributed by atoms with Crippen LogP contribution in [0, 0.1) is 6.92 Å². The van der Waals surface area contributed by atoms with Crippen LogP contribution < -0.4 is 9.64 Å². The quantitative estimate of drug-likeness (QED) is 0.0910. The lowest BCUT2D eigenvalue weighted by molar-refractivity contribution is -0.132. The number of carbonyl (C=O) groups is 2. The molecule has 0 spiro atoms. The number of aliphatic hydroxyl groups excluding tert-OH is 1. The smallest absolute Gasteiger partial charge is 0.301 e. The number of methoxy groups -OCH3 is 1. The van der Waals surface area contributed by atoms with Crippen LogP contribution in [-0.2, 0) is 15.3 Å². The van der Waals surface area contributed by atoms with E-state index in [1.807, 2.05) is 36.4 Å². The Labute approximate surface area is 237 Å². The Bertz CT molecular complexity index is 1760. The molecule has 1 aliphatic heterocycles. The zero-order chi connectivity index (χ0) is 27.8. The molecule has 11 heteroatoms. The molecular weight excluding hydrogens is 546 g/mol. The number of hydrogen-bond acceptors (Lipinski definition) is 9. The maximum absolute atomic E-state index is 13.6. The molecule has 1 unspecified atom stereocenters. The van der Waals surface area contributed by atoms with Crippen molar-refractivity contribution in [1.29, 1.82) is 0 Å². The third-order valence-electron chi connectivity index (χ3n) is 6.61. The molecule has 2 aromatic carbocycles. The number of thioether (sulfide) groups is 1. The molecule has 0 aliphatic carbocycles. The second kappa shape index (κ2) is 10.6. The van der Waals surface area contributed by atoms with E-state index in [0.717, 1.165) is 5.56 Å². The fourth-order valence-electron chi connectivity index (χ4n) is 4.74. The van der Waals surface area contributed by atoms with Gasteiger partial charge >= 0.3 is 5.91 Å². The maximum atomic E-state index is 13.6. The van der Waals surface area contributed by atoms with Crippen molar-refractivity contribution in [3.63, 3.8) is 0 Å². The zero-order valence-electron chi connectivity index (χ0n) is 21.5. The van der Waals surface area contributed by atoms with E-state index in [0.29, 0.717) is 38.4 Å². The van der Waals surface area contributed by atoms with Gasteiger partial charge in [-0.2, -0.15) is 0 Å². The number of aromatic nitrogens is 4. The van der Waals surface area contributed by atoms with Crippen molar-refractivity contribution in [2.75, 3.05) is 12.0 Å². The lowest BCUT2D eigenvalue weighted by atomic mass is 9.96. The van der Waals surface area contributed by atoms with Crippen LogP contribution in [0.1, 0.15) is 28.6 Å². The minimum atomic E-state index is -0.931. The molecule has 3 aromatic heterocycles. The number of ether oxygens (including phenoxy) is 1. The Hall–Kier alpha value is -4.48. The standard InChI is InChI=1S/C29H23N5O4S2/c1-17-23(33-15-7-6-10-21(33)30-17)25(35)22-24(19-11-13-20(38-2)14-12-19)34(27(37)26(22)36)28-31-32-29(40-28)39-16-18-8-4-3-5-9-18/h3-15,24,35H,16H2,1-2H3. The summed E-state index contributed by atoms with van der Waals surface area (Å²) in [5, 5.41) is 20.5. The van der Waals surface area contributed by atoms with E-state index in [1.54, 1.807) is 61.0 Å². The number of aliphatic hydroxyl groups is 1. The molecule has 1 amide bonds. The Balaban J connectivity index is 1.45. The van der Waals surface area contributed by atoms with Gasteiger partial charge in [0, 0.05) is 11.9 Å². The highest BCUT2D eigenvalue weighted by atomic mass is 32.2. The number of rotatable bonds is 7. The van der Waals surface area contributed by atoms with Gasteiger partial charge in [-0.25, -0.2) is 4.98 Å². The Morgan fingerprint density at radius 1 is 1.02 bits per heavy atom. The predicted octanol–water partition coefficient (Wildman–Crippen LogP) is 5.42. The lowest BCUT2D eigenvalue weighted by Crippen LogP contribution is -2.29. The molecule has 1 atom stereocenters. The fraction of sp³-hybridized carbons (Fsp3) is 0.138. The first-order valence-electron chi connectivity index (χ1n) is 12.4. The van der Waals surface area contributed by atoms with Crippen LogP contribution in [0.3, 0.4) is 0 Å². The predicted molar refractivity (Wildman–Crippen MR) is 154 cm³/mol. The van der Waals surface area contributed by atoms with Crippen molar-refractivity contribution in [1.82, 2.24) is 19.6 Å². The topological polar surface area (TPSA) is 110 Å². The monoisotopic (exact) mass is 569 g/mol. The van der Waals surface area contributed by atoms with E-state index in [2.05, 4.69) is 15.2 Å². The number of benzene rings is 2. The molecule has 1 N–H and O–H groups in total. The first kappa shape index (κ1) is 25.8. The van der Waals surface area contributed by atoms with Gasteiger partial charge in [0.1, 0.15) is 17.1 Å². The molecule has 0 bridgehead atoms. The summed E-state index contributed by atoms with van der Waals surface area (Å²) in [5.41, 5.74) is 3.19. The largest absolute Gasteiger partial charge is 0.505 e. The number of amides is 1. The van der Waals surface area contributed by atoms with Gasteiger partial charge in [0.2, 0.25) is 5.13 Å². The second-order valence-electron chi connectivity index (χ2n) is 9.04. The number of anilines is 1. The molecule has 6 rings (SSSR count). The van der Waals surface area contributed by atoms with E-state index < -0.39 is 17.7 Å². The summed E-state index contributed by atoms with van der Waals surface area (Å²) in [6.45, 7) is 1.75. The Morgan fingerprint density at radius 3 is 2.52 bits per heavy atom. The minimum absolute atomic E-state index is 0.0439. The number of carbonyl (C=O) groups excluding carboxylic acids is 2. The van der Waals surface area contributed by atoms with Crippen LogP contribution >= 0.6 is 23.1 Å². The van der Waals surface area contributed by atoms with Crippen molar-refractivity contribution in [2.24, 2.45) is 0 Å².